The number of benzene rings is 1. The Hall–Kier alpha value is -2.80. The lowest BCUT2D eigenvalue weighted by Crippen LogP contribution is -2.34. The van der Waals surface area contributed by atoms with E-state index in [9.17, 15) is 18.4 Å². The quantitative estimate of drug-likeness (QED) is 0.317. The Bertz CT molecular complexity index is 759. The van der Waals surface area contributed by atoms with Crippen molar-refractivity contribution in [2.24, 2.45) is 5.73 Å². The van der Waals surface area contributed by atoms with Gasteiger partial charge in [0.2, 0.25) is 0 Å². The monoisotopic (exact) mass is 509 g/mol. The number of aryl methyl sites for hydroxylation is 1. The molecule has 0 aliphatic rings. The summed E-state index contributed by atoms with van der Waals surface area (Å²) in [7, 11) is 1.50. The second-order valence-corrected chi connectivity index (χ2v) is 7.82. The molecule has 206 valence electrons. The lowest BCUT2D eigenvalue weighted by molar-refractivity contribution is 0.0755. The Labute approximate surface area is 218 Å². The van der Waals surface area contributed by atoms with Gasteiger partial charge in [-0.15, -0.1) is 0 Å². The highest BCUT2D eigenvalue weighted by Gasteiger charge is 2.17. The summed E-state index contributed by atoms with van der Waals surface area (Å²) in [6, 6.07) is 5.57. The second kappa shape index (κ2) is 26.8. The van der Waals surface area contributed by atoms with Crippen LogP contribution in [0.2, 0.25) is 0 Å². The fraction of sp³-hybridized carbons (Fsp3) is 0.517. The van der Waals surface area contributed by atoms with Crippen molar-refractivity contribution in [3.05, 3.63) is 72.1 Å². The topological polar surface area (TPSA) is 75.4 Å². The van der Waals surface area contributed by atoms with E-state index in [1.54, 1.807) is 12.1 Å². The molecular weight excluding hydrogens is 460 g/mol. The number of allylic oxidation sites excluding steroid dienone is 4. The van der Waals surface area contributed by atoms with Crippen LogP contribution >= 0.6 is 0 Å². The minimum atomic E-state index is -0.712. The zero-order valence-electron chi connectivity index (χ0n) is 23.4. The van der Waals surface area contributed by atoms with E-state index in [0.717, 1.165) is 50.4 Å². The van der Waals surface area contributed by atoms with Crippen LogP contribution in [0.4, 0.5) is 8.78 Å². The van der Waals surface area contributed by atoms with Crippen molar-refractivity contribution in [2.75, 3.05) is 26.8 Å². The van der Waals surface area contributed by atoms with Gasteiger partial charge in [0, 0.05) is 30.3 Å². The Kier molecular flexibility index (Phi) is 28.1. The predicted molar refractivity (Wildman–Crippen MR) is 151 cm³/mol. The van der Waals surface area contributed by atoms with Crippen molar-refractivity contribution in [3.8, 4) is 0 Å². The van der Waals surface area contributed by atoms with E-state index < -0.39 is 6.67 Å². The summed E-state index contributed by atoms with van der Waals surface area (Å²) in [5, 5.41) is 3.01. The largest absolute Gasteiger partial charge is 0.350 e. The first-order chi connectivity index (χ1) is 17.2. The van der Waals surface area contributed by atoms with Crippen LogP contribution in [-0.4, -0.2) is 49.6 Å². The highest BCUT2D eigenvalue weighted by atomic mass is 19.1. The normalized spacial score (nSPS) is 10.7. The van der Waals surface area contributed by atoms with Crippen molar-refractivity contribution < 1.29 is 18.4 Å². The van der Waals surface area contributed by atoms with E-state index in [0.29, 0.717) is 11.1 Å². The first-order valence-electron chi connectivity index (χ1n) is 12.6. The molecule has 0 spiro atoms. The molecule has 0 aliphatic carbocycles. The number of carbonyl (C=O) groups is 2. The van der Waals surface area contributed by atoms with Crippen LogP contribution in [0.25, 0.3) is 0 Å². The Morgan fingerprint density at radius 2 is 1.64 bits per heavy atom. The second-order valence-electron chi connectivity index (χ2n) is 7.82. The molecule has 7 heteroatoms. The van der Waals surface area contributed by atoms with E-state index in [1.807, 2.05) is 50.0 Å². The van der Waals surface area contributed by atoms with Gasteiger partial charge in [-0.05, 0) is 76.9 Å². The summed E-state index contributed by atoms with van der Waals surface area (Å²) in [6.07, 6.45) is 10.4. The molecule has 0 aliphatic heterocycles. The molecule has 1 rings (SSSR count). The third-order valence-corrected chi connectivity index (χ3v) is 4.47. The van der Waals surface area contributed by atoms with Gasteiger partial charge in [0.1, 0.15) is 6.67 Å². The van der Waals surface area contributed by atoms with Crippen molar-refractivity contribution in [1.82, 2.24) is 10.2 Å². The zero-order chi connectivity index (χ0) is 28.4. The Morgan fingerprint density at radius 1 is 1.08 bits per heavy atom. The Morgan fingerprint density at radius 3 is 2.00 bits per heavy atom. The van der Waals surface area contributed by atoms with E-state index in [-0.39, 0.29) is 24.2 Å². The van der Waals surface area contributed by atoms with Gasteiger partial charge in [-0.25, -0.2) is 8.78 Å². The van der Waals surface area contributed by atoms with Gasteiger partial charge in [-0.2, -0.15) is 0 Å². The number of nitrogens with two attached hydrogens (primary N) is 1. The maximum atomic E-state index is 12.8. The van der Waals surface area contributed by atoms with Crippen LogP contribution in [0, 0.1) is 6.92 Å². The first-order valence-corrected chi connectivity index (χ1v) is 12.6. The third-order valence-electron chi connectivity index (χ3n) is 4.47. The lowest BCUT2D eigenvalue weighted by Gasteiger charge is -2.22. The molecule has 0 saturated carbocycles. The molecule has 2 amide bonds. The highest BCUT2D eigenvalue weighted by molar-refractivity contribution is 6.00. The number of hydrogen-bond acceptors (Lipinski definition) is 3. The molecule has 1 aromatic rings. The van der Waals surface area contributed by atoms with Crippen LogP contribution in [0.15, 0.2) is 55.4 Å². The lowest BCUT2D eigenvalue weighted by atomic mass is 10.0. The first kappa shape index (κ1) is 37.7. The standard InChI is InChI=1S/C20H32N2O2.C5H8.C3H4F2.CH5N/c1-6-9-16(5)21-19(23)17-12-15(4)13-18(14-17)20(24)22(10-7-2)11-8-3;1-3-5-4-2;4-2-1-3-5;1-2/h12-14,16H,6-11H2,1-5H3,(H,21,23);3-5H,1H2,2H3;1-2H,3H2;2H2,1H3/b;5-4-;2-1+;/t16-;;;/m0.../s1. The van der Waals surface area contributed by atoms with Gasteiger partial charge in [-0.3, -0.25) is 9.59 Å². The van der Waals surface area contributed by atoms with Gasteiger partial charge in [-0.1, -0.05) is 52.0 Å². The van der Waals surface area contributed by atoms with Crippen LogP contribution in [0.1, 0.15) is 86.6 Å². The number of nitrogens with one attached hydrogen (secondary N) is 1. The number of alkyl halides is 1. The molecular formula is C29H49F2N3O2. The van der Waals surface area contributed by atoms with Gasteiger partial charge in [0.05, 0.1) is 6.33 Å². The average Bonchev–Trinajstić information content (AvgIpc) is 2.86. The predicted octanol–water partition coefficient (Wildman–Crippen LogP) is 6.94. The fourth-order valence-electron chi connectivity index (χ4n) is 3.06. The molecule has 3 N–H and O–H groups in total. The molecule has 0 aromatic heterocycles. The molecule has 1 atom stereocenters. The minimum absolute atomic E-state index is 0.0121. The molecule has 36 heavy (non-hydrogen) atoms. The van der Waals surface area contributed by atoms with Gasteiger partial charge >= 0.3 is 0 Å². The van der Waals surface area contributed by atoms with E-state index >= 15 is 0 Å². The maximum Gasteiger partial charge on any atom is 0.253 e. The zero-order valence-corrected chi connectivity index (χ0v) is 23.4. The maximum absolute atomic E-state index is 12.8. The number of rotatable bonds is 11. The number of halogens is 2. The van der Waals surface area contributed by atoms with Crippen LogP contribution in [0.5, 0.6) is 0 Å². The van der Waals surface area contributed by atoms with E-state index in [2.05, 4.69) is 38.4 Å². The SMILES string of the molecule is C=C/C=C\C.CCC[C@H](C)NC(=O)c1cc(C)cc(C(=O)N(CCC)CCC)c1.CN.F/C=C/CF. The molecule has 5 nitrogen and oxygen atoms in total. The van der Waals surface area contributed by atoms with Crippen molar-refractivity contribution >= 4 is 11.8 Å². The molecule has 0 saturated heterocycles. The van der Waals surface area contributed by atoms with Crippen LogP contribution < -0.4 is 11.1 Å². The van der Waals surface area contributed by atoms with Crippen molar-refractivity contribution in [1.29, 1.82) is 0 Å². The highest BCUT2D eigenvalue weighted by Crippen LogP contribution is 2.14. The summed E-state index contributed by atoms with van der Waals surface area (Å²) in [5.74, 6) is -0.0933. The van der Waals surface area contributed by atoms with Crippen LogP contribution in [-0.2, 0) is 0 Å². The smallest absolute Gasteiger partial charge is 0.253 e. The van der Waals surface area contributed by atoms with Gasteiger partial charge in [0.15, 0.2) is 0 Å². The van der Waals surface area contributed by atoms with Crippen LogP contribution in [0.3, 0.4) is 0 Å². The molecule has 0 unspecified atom stereocenters. The number of amides is 2. The average molecular weight is 510 g/mol. The summed E-state index contributed by atoms with van der Waals surface area (Å²) in [5.41, 5.74) is 6.60. The summed E-state index contributed by atoms with van der Waals surface area (Å²) >= 11 is 0. The summed E-state index contributed by atoms with van der Waals surface area (Å²) < 4.78 is 21.2. The molecule has 0 fully saturated rings. The van der Waals surface area contributed by atoms with Gasteiger partial charge in [0.25, 0.3) is 11.8 Å². The minimum Gasteiger partial charge on any atom is -0.350 e. The molecule has 0 heterocycles. The summed E-state index contributed by atoms with van der Waals surface area (Å²) in [4.78, 5) is 27.1. The molecule has 0 radical (unpaired) electrons. The fourth-order valence-corrected chi connectivity index (χ4v) is 3.06. The van der Waals surface area contributed by atoms with Gasteiger partial charge < -0.3 is 16.0 Å². The number of hydrogen-bond donors (Lipinski definition) is 2. The third kappa shape index (κ3) is 19.5. The number of carbonyl (C=O) groups excluding carboxylic acids is 2. The van der Waals surface area contributed by atoms with Crippen molar-refractivity contribution in [2.45, 2.75) is 73.3 Å². The Balaban J connectivity index is -0.000000755. The summed E-state index contributed by atoms with van der Waals surface area (Å²) in [6.45, 7) is 16.4. The number of nitrogens with zero attached hydrogens (tertiary/aromatic N) is 1. The molecule has 0 bridgehead atoms. The van der Waals surface area contributed by atoms with E-state index in [4.69, 9.17) is 0 Å². The molecule has 1 aromatic carbocycles. The van der Waals surface area contributed by atoms with E-state index in [1.165, 1.54) is 7.05 Å². The van der Waals surface area contributed by atoms with Crippen molar-refractivity contribution in [3.63, 3.8) is 0 Å².